The second-order valence-corrected chi connectivity index (χ2v) is 6.49. The van der Waals surface area contributed by atoms with Gasteiger partial charge >= 0.3 is 0 Å². The van der Waals surface area contributed by atoms with Gasteiger partial charge in [-0.1, -0.05) is 6.07 Å². The van der Waals surface area contributed by atoms with Gasteiger partial charge in [0.2, 0.25) is 10.0 Å². The van der Waals surface area contributed by atoms with E-state index >= 15 is 0 Å². The number of nitrogens with one attached hydrogen (secondary N) is 1. The first-order chi connectivity index (χ1) is 9.29. The van der Waals surface area contributed by atoms with E-state index in [2.05, 4.69) is 0 Å². The van der Waals surface area contributed by atoms with Gasteiger partial charge < -0.3 is 0 Å². The van der Waals surface area contributed by atoms with Gasteiger partial charge in [-0.15, -0.1) is 11.6 Å². The molecule has 8 heteroatoms. The summed E-state index contributed by atoms with van der Waals surface area (Å²) in [5, 5.41) is 7.69. The predicted octanol–water partition coefficient (Wildman–Crippen LogP) is 1.31. The van der Waals surface area contributed by atoms with Crippen LogP contribution in [0.5, 0.6) is 0 Å². The standard InChI is InChI=1S/C12H12ClFN2O3S/c1-2-20(18,19)16-12(17)11(13)6-8-3-4-10(14)5-9(8)7-15/h3-5,11H,2,6H2,1H3,(H,16,17). The van der Waals surface area contributed by atoms with E-state index in [1.54, 1.807) is 6.07 Å². The fraction of sp³-hybridized carbons (Fsp3) is 0.333. The van der Waals surface area contributed by atoms with Crippen LogP contribution in [-0.4, -0.2) is 25.5 Å². The average Bonchev–Trinajstić information content (AvgIpc) is 2.40. The number of hydrogen-bond donors (Lipinski definition) is 1. The maximum atomic E-state index is 13.0. The minimum absolute atomic E-state index is 0.0572. The lowest BCUT2D eigenvalue weighted by Crippen LogP contribution is -2.38. The molecule has 0 aliphatic heterocycles. The molecule has 1 N–H and O–H groups in total. The van der Waals surface area contributed by atoms with Crippen molar-refractivity contribution in [2.24, 2.45) is 0 Å². The van der Waals surface area contributed by atoms with Crippen LogP contribution in [0.4, 0.5) is 4.39 Å². The summed E-state index contributed by atoms with van der Waals surface area (Å²) in [5.74, 6) is -1.70. The fourth-order valence-electron chi connectivity index (χ4n) is 1.41. The minimum atomic E-state index is -3.69. The predicted molar refractivity (Wildman–Crippen MR) is 72.1 cm³/mol. The molecule has 0 aromatic heterocycles. The Morgan fingerprint density at radius 2 is 2.20 bits per heavy atom. The minimum Gasteiger partial charge on any atom is -0.272 e. The Hall–Kier alpha value is -1.65. The van der Waals surface area contributed by atoms with Crippen molar-refractivity contribution in [3.63, 3.8) is 0 Å². The van der Waals surface area contributed by atoms with E-state index < -0.39 is 27.1 Å². The molecule has 1 unspecified atom stereocenters. The lowest BCUT2D eigenvalue weighted by atomic mass is 10.0. The zero-order valence-electron chi connectivity index (χ0n) is 10.6. The monoisotopic (exact) mass is 318 g/mol. The Morgan fingerprint density at radius 3 is 2.75 bits per heavy atom. The van der Waals surface area contributed by atoms with Crippen molar-refractivity contribution in [3.8, 4) is 6.07 Å². The zero-order chi connectivity index (χ0) is 15.3. The molecule has 0 aliphatic rings. The third-order valence-corrected chi connectivity index (χ3v) is 4.14. The smallest absolute Gasteiger partial charge is 0.251 e. The number of benzene rings is 1. The van der Waals surface area contributed by atoms with Gasteiger partial charge in [-0.05, 0) is 31.0 Å². The highest BCUT2D eigenvalue weighted by Gasteiger charge is 2.21. The van der Waals surface area contributed by atoms with Crippen LogP contribution in [-0.2, 0) is 21.2 Å². The van der Waals surface area contributed by atoms with Crippen molar-refractivity contribution in [2.75, 3.05) is 5.75 Å². The molecule has 1 rings (SSSR count). The Labute approximate surface area is 121 Å². The molecule has 0 aliphatic carbocycles. The van der Waals surface area contributed by atoms with Gasteiger partial charge in [-0.2, -0.15) is 5.26 Å². The number of carbonyl (C=O) groups excluding carboxylic acids is 1. The average molecular weight is 319 g/mol. The van der Waals surface area contributed by atoms with Crippen molar-refractivity contribution < 1.29 is 17.6 Å². The molecule has 0 bridgehead atoms. The highest BCUT2D eigenvalue weighted by molar-refractivity contribution is 7.90. The Morgan fingerprint density at radius 1 is 1.55 bits per heavy atom. The zero-order valence-corrected chi connectivity index (χ0v) is 12.1. The molecule has 1 amide bonds. The summed E-state index contributed by atoms with van der Waals surface area (Å²) < 4.78 is 37.3. The third kappa shape index (κ3) is 4.47. The van der Waals surface area contributed by atoms with Crippen LogP contribution in [0.2, 0.25) is 0 Å². The lowest BCUT2D eigenvalue weighted by Gasteiger charge is -2.11. The van der Waals surface area contributed by atoms with E-state index in [1.807, 2.05) is 4.72 Å². The fourth-order valence-corrected chi connectivity index (χ4v) is 2.28. The molecule has 20 heavy (non-hydrogen) atoms. The SMILES string of the molecule is CCS(=O)(=O)NC(=O)C(Cl)Cc1ccc(F)cc1C#N. The van der Waals surface area contributed by atoms with Crippen LogP contribution in [0.25, 0.3) is 0 Å². The molecular weight excluding hydrogens is 307 g/mol. The third-order valence-electron chi connectivity index (χ3n) is 2.51. The summed E-state index contributed by atoms with van der Waals surface area (Å²) in [7, 11) is -3.69. The molecule has 0 heterocycles. The number of nitrogens with zero attached hydrogens (tertiary/aromatic N) is 1. The van der Waals surface area contributed by atoms with Crippen molar-refractivity contribution in [1.29, 1.82) is 5.26 Å². The summed E-state index contributed by atoms with van der Waals surface area (Å²) in [6.07, 6.45) is -0.0736. The number of amides is 1. The normalized spacial score (nSPS) is 12.5. The van der Waals surface area contributed by atoms with Crippen LogP contribution < -0.4 is 4.72 Å². The Balaban J connectivity index is 2.84. The van der Waals surface area contributed by atoms with Crippen molar-refractivity contribution in [1.82, 2.24) is 4.72 Å². The Bertz CT molecular complexity index is 655. The van der Waals surface area contributed by atoms with Gasteiger partial charge in [0.1, 0.15) is 11.2 Å². The van der Waals surface area contributed by atoms with E-state index in [-0.39, 0.29) is 17.7 Å². The molecule has 0 saturated carbocycles. The molecule has 0 fully saturated rings. The number of halogens is 2. The van der Waals surface area contributed by atoms with Crippen LogP contribution in [0.3, 0.4) is 0 Å². The van der Waals surface area contributed by atoms with Crippen LogP contribution in [0.15, 0.2) is 18.2 Å². The van der Waals surface area contributed by atoms with Gasteiger partial charge in [-0.3, -0.25) is 9.52 Å². The summed E-state index contributed by atoms with van der Waals surface area (Å²) >= 11 is 5.82. The maximum absolute atomic E-state index is 13.0. The van der Waals surface area contributed by atoms with Crippen molar-refractivity contribution in [3.05, 3.63) is 35.1 Å². The first-order valence-corrected chi connectivity index (χ1v) is 7.75. The molecule has 0 radical (unpaired) electrons. The number of nitriles is 1. The molecule has 1 atom stereocenters. The summed E-state index contributed by atoms with van der Waals surface area (Å²) in [4.78, 5) is 11.6. The summed E-state index contributed by atoms with van der Waals surface area (Å²) in [6, 6.07) is 5.30. The highest BCUT2D eigenvalue weighted by atomic mass is 35.5. The van der Waals surface area contributed by atoms with Crippen LogP contribution in [0, 0.1) is 17.1 Å². The first-order valence-electron chi connectivity index (χ1n) is 5.66. The van der Waals surface area contributed by atoms with Gasteiger partial charge in [0.15, 0.2) is 0 Å². The van der Waals surface area contributed by atoms with E-state index in [0.29, 0.717) is 5.56 Å². The van der Waals surface area contributed by atoms with Gasteiger partial charge in [0, 0.05) is 0 Å². The lowest BCUT2D eigenvalue weighted by molar-refractivity contribution is -0.119. The van der Waals surface area contributed by atoms with Gasteiger partial charge in [0.05, 0.1) is 17.4 Å². The second kappa shape index (κ2) is 6.68. The van der Waals surface area contributed by atoms with E-state index in [0.717, 1.165) is 12.1 Å². The molecule has 5 nitrogen and oxygen atoms in total. The van der Waals surface area contributed by atoms with Gasteiger partial charge in [-0.25, -0.2) is 12.8 Å². The van der Waals surface area contributed by atoms with E-state index in [4.69, 9.17) is 16.9 Å². The molecule has 1 aromatic carbocycles. The second-order valence-electron chi connectivity index (χ2n) is 3.95. The van der Waals surface area contributed by atoms with Crippen molar-refractivity contribution in [2.45, 2.75) is 18.7 Å². The summed E-state index contributed by atoms with van der Waals surface area (Å²) in [5.41, 5.74) is 0.430. The quantitative estimate of drug-likeness (QED) is 0.829. The number of hydrogen-bond acceptors (Lipinski definition) is 4. The van der Waals surface area contributed by atoms with E-state index in [1.165, 1.54) is 13.0 Å². The number of sulfonamides is 1. The largest absolute Gasteiger partial charge is 0.272 e. The van der Waals surface area contributed by atoms with Crippen LogP contribution in [0.1, 0.15) is 18.1 Å². The topological polar surface area (TPSA) is 87.0 Å². The Kier molecular flexibility index (Phi) is 5.48. The molecule has 0 saturated heterocycles. The molecular formula is C12H12ClFN2O3S. The van der Waals surface area contributed by atoms with Crippen molar-refractivity contribution >= 4 is 27.5 Å². The number of rotatable bonds is 5. The summed E-state index contributed by atoms with van der Waals surface area (Å²) in [6.45, 7) is 1.38. The highest BCUT2D eigenvalue weighted by Crippen LogP contribution is 2.15. The molecule has 1 aromatic rings. The molecule has 0 spiro atoms. The first kappa shape index (κ1) is 16.4. The van der Waals surface area contributed by atoms with E-state index in [9.17, 15) is 17.6 Å². The van der Waals surface area contributed by atoms with Crippen LogP contribution >= 0.6 is 11.6 Å². The number of alkyl halides is 1. The number of carbonyl (C=O) groups is 1. The molecule has 108 valence electrons. The van der Waals surface area contributed by atoms with Gasteiger partial charge in [0.25, 0.3) is 5.91 Å². The maximum Gasteiger partial charge on any atom is 0.251 e.